The Kier molecular flexibility index (Phi) is 6.99. The molecule has 2 aromatic carbocycles. The standard InChI is InChI=1S/C27H29FN6O4/c1-4-38-26(35)16-10-12-33(13-11-16)27-30-23(17-8-9-20(36-2)21(14-17)37-3)22-24(29)34(32-25(22)31-27)19-7-5-6-18(28)15-19/h5-9,14-16H,4,10-13,29H2,1-3H3. The first-order valence-corrected chi connectivity index (χ1v) is 12.4. The second-order valence-corrected chi connectivity index (χ2v) is 8.93. The summed E-state index contributed by atoms with van der Waals surface area (Å²) in [5, 5.41) is 5.16. The lowest BCUT2D eigenvalue weighted by atomic mass is 9.97. The second-order valence-electron chi connectivity index (χ2n) is 8.93. The van der Waals surface area contributed by atoms with Gasteiger partial charge in [-0.2, -0.15) is 4.98 Å². The number of ether oxygens (including phenoxy) is 3. The Labute approximate surface area is 219 Å². The van der Waals surface area contributed by atoms with Crippen molar-refractivity contribution in [3.05, 3.63) is 48.3 Å². The van der Waals surface area contributed by atoms with Gasteiger partial charge in [-0.3, -0.25) is 4.79 Å². The quantitative estimate of drug-likeness (QED) is 0.361. The van der Waals surface area contributed by atoms with Crippen LogP contribution in [-0.4, -0.2) is 59.6 Å². The minimum atomic E-state index is -0.405. The Morgan fingerprint density at radius 1 is 1.08 bits per heavy atom. The second kappa shape index (κ2) is 10.5. The smallest absolute Gasteiger partial charge is 0.309 e. The molecule has 0 aliphatic carbocycles. The number of hydrogen-bond donors (Lipinski definition) is 1. The van der Waals surface area contributed by atoms with Crippen molar-refractivity contribution in [2.45, 2.75) is 19.8 Å². The summed E-state index contributed by atoms with van der Waals surface area (Å²) in [7, 11) is 3.13. The van der Waals surface area contributed by atoms with Gasteiger partial charge in [0.15, 0.2) is 17.1 Å². The molecular weight excluding hydrogens is 491 g/mol. The molecule has 0 amide bonds. The van der Waals surface area contributed by atoms with Gasteiger partial charge >= 0.3 is 5.97 Å². The molecule has 0 saturated carbocycles. The lowest BCUT2D eigenvalue weighted by Crippen LogP contribution is -2.38. The Hall–Kier alpha value is -4.41. The maximum absolute atomic E-state index is 14.0. The summed E-state index contributed by atoms with van der Waals surface area (Å²) in [5.74, 6) is 1.13. The normalized spacial score (nSPS) is 14.1. The van der Waals surface area contributed by atoms with Gasteiger partial charge in [-0.1, -0.05) is 6.07 Å². The predicted octanol–water partition coefficient (Wildman–Crippen LogP) is 4.00. The number of aromatic nitrogens is 4. The van der Waals surface area contributed by atoms with Crippen LogP contribution in [0.3, 0.4) is 0 Å². The van der Waals surface area contributed by atoms with E-state index in [0.29, 0.717) is 72.4 Å². The molecule has 0 spiro atoms. The first-order chi connectivity index (χ1) is 18.4. The van der Waals surface area contributed by atoms with Crippen molar-refractivity contribution in [1.29, 1.82) is 0 Å². The molecule has 11 heteroatoms. The number of benzene rings is 2. The molecule has 0 bridgehead atoms. The molecule has 4 aromatic rings. The van der Waals surface area contributed by atoms with Crippen LogP contribution in [0.1, 0.15) is 19.8 Å². The zero-order valence-corrected chi connectivity index (χ0v) is 21.5. The minimum absolute atomic E-state index is 0.150. The first-order valence-electron chi connectivity index (χ1n) is 12.4. The van der Waals surface area contributed by atoms with E-state index in [9.17, 15) is 9.18 Å². The van der Waals surface area contributed by atoms with Crippen LogP contribution in [0.5, 0.6) is 11.5 Å². The largest absolute Gasteiger partial charge is 0.493 e. The first kappa shape index (κ1) is 25.2. The highest BCUT2D eigenvalue weighted by atomic mass is 19.1. The van der Waals surface area contributed by atoms with E-state index in [1.807, 2.05) is 17.0 Å². The van der Waals surface area contributed by atoms with Crippen LogP contribution in [0, 0.1) is 11.7 Å². The molecule has 38 heavy (non-hydrogen) atoms. The average Bonchev–Trinajstić information content (AvgIpc) is 3.28. The fourth-order valence-electron chi connectivity index (χ4n) is 4.71. The highest BCUT2D eigenvalue weighted by Crippen LogP contribution is 2.38. The van der Waals surface area contributed by atoms with Crippen LogP contribution in [0.25, 0.3) is 28.0 Å². The number of nitrogens with two attached hydrogens (primary N) is 1. The molecule has 0 atom stereocenters. The molecule has 5 rings (SSSR count). The van der Waals surface area contributed by atoms with Crippen molar-refractivity contribution >= 4 is 28.8 Å². The summed E-state index contributed by atoms with van der Waals surface area (Å²) in [6.45, 7) is 3.34. The third-order valence-electron chi connectivity index (χ3n) is 6.66. The lowest BCUT2D eigenvalue weighted by Gasteiger charge is -2.31. The van der Waals surface area contributed by atoms with Crippen LogP contribution < -0.4 is 20.1 Å². The van der Waals surface area contributed by atoms with Crippen LogP contribution in [-0.2, 0) is 9.53 Å². The highest BCUT2D eigenvalue weighted by molar-refractivity contribution is 5.99. The summed E-state index contributed by atoms with van der Waals surface area (Å²) >= 11 is 0. The zero-order chi connectivity index (χ0) is 26.8. The number of methoxy groups -OCH3 is 2. The number of fused-ring (bicyclic) bond motifs is 1. The van der Waals surface area contributed by atoms with Crippen LogP contribution in [0.2, 0.25) is 0 Å². The fraction of sp³-hybridized carbons (Fsp3) is 0.333. The molecular formula is C27H29FN6O4. The molecule has 0 unspecified atom stereocenters. The van der Waals surface area contributed by atoms with Crippen molar-refractivity contribution in [3.8, 4) is 28.4 Å². The van der Waals surface area contributed by atoms with Crippen molar-refractivity contribution < 1.29 is 23.4 Å². The minimum Gasteiger partial charge on any atom is -0.493 e. The predicted molar refractivity (Wildman–Crippen MR) is 141 cm³/mol. The number of esters is 1. The molecule has 1 aliphatic heterocycles. The summed E-state index contributed by atoms with van der Waals surface area (Å²) < 4.78 is 31.6. The number of piperidine rings is 1. The maximum atomic E-state index is 14.0. The SMILES string of the molecule is CCOC(=O)C1CCN(c2nc(-c3ccc(OC)c(OC)c3)c3c(N)n(-c4cccc(F)c4)nc3n2)CC1. The Morgan fingerprint density at radius 2 is 1.84 bits per heavy atom. The summed E-state index contributed by atoms with van der Waals surface area (Å²) in [6.07, 6.45) is 1.26. The topological polar surface area (TPSA) is 118 Å². The number of nitrogen functional groups attached to an aromatic ring is 1. The van der Waals surface area contributed by atoms with Gasteiger partial charge in [0.05, 0.1) is 43.5 Å². The van der Waals surface area contributed by atoms with E-state index in [4.69, 9.17) is 29.9 Å². The maximum Gasteiger partial charge on any atom is 0.309 e. The number of rotatable bonds is 7. The third-order valence-corrected chi connectivity index (χ3v) is 6.66. The summed E-state index contributed by atoms with van der Waals surface area (Å²) in [4.78, 5) is 23.9. The van der Waals surface area contributed by atoms with Gasteiger partial charge in [-0.15, -0.1) is 5.10 Å². The highest BCUT2D eigenvalue weighted by Gasteiger charge is 2.29. The van der Waals surface area contributed by atoms with Crippen molar-refractivity contribution in [1.82, 2.24) is 19.7 Å². The van der Waals surface area contributed by atoms with Gasteiger partial charge in [0.25, 0.3) is 0 Å². The van der Waals surface area contributed by atoms with Gasteiger partial charge < -0.3 is 24.8 Å². The van der Waals surface area contributed by atoms with Crippen LogP contribution in [0.4, 0.5) is 16.2 Å². The third kappa shape index (κ3) is 4.67. The van der Waals surface area contributed by atoms with Crippen LogP contribution >= 0.6 is 0 Å². The molecule has 1 fully saturated rings. The molecule has 1 saturated heterocycles. The van der Waals surface area contributed by atoms with E-state index < -0.39 is 5.82 Å². The molecule has 10 nitrogen and oxygen atoms in total. The number of carbonyl (C=O) groups is 1. The van der Waals surface area contributed by atoms with E-state index >= 15 is 0 Å². The van der Waals surface area contributed by atoms with Gasteiger partial charge in [-0.05, 0) is 56.2 Å². The number of nitrogens with zero attached hydrogens (tertiary/aromatic N) is 5. The van der Waals surface area contributed by atoms with Gasteiger partial charge in [-0.25, -0.2) is 14.1 Å². The molecule has 198 valence electrons. The molecule has 3 heterocycles. The van der Waals surface area contributed by atoms with E-state index in [0.717, 1.165) is 5.56 Å². The average molecular weight is 521 g/mol. The van der Waals surface area contributed by atoms with Gasteiger partial charge in [0.1, 0.15) is 11.6 Å². The van der Waals surface area contributed by atoms with Crippen LogP contribution in [0.15, 0.2) is 42.5 Å². The Bertz CT molecular complexity index is 1480. The number of anilines is 2. The lowest BCUT2D eigenvalue weighted by molar-refractivity contribution is -0.148. The number of halogens is 1. The summed E-state index contributed by atoms with van der Waals surface area (Å²) in [5.41, 5.74) is 8.69. The van der Waals surface area contributed by atoms with Gasteiger partial charge in [0.2, 0.25) is 5.95 Å². The Balaban J connectivity index is 1.62. The van der Waals surface area contributed by atoms with E-state index in [1.165, 1.54) is 16.8 Å². The van der Waals surface area contributed by atoms with Crippen molar-refractivity contribution in [2.24, 2.45) is 5.92 Å². The van der Waals surface area contributed by atoms with E-state index in [-0.39, 0.29) is 17.7 Å². The molecule has 2 N–H and O–H groups in total. The fourth-order valence-corrected chi connectivity index (χ4v) is 4.71. The monoisotopic (exact) mass is 520 g/mol. The molecule has 1 aliphatic rings. The summed E-state index contributed by atoms with van der Waals surface area (Å²) in [6, 6.07) is 11.5. The van der Waals surface area contributed by atoms with Crippen molar-refractivity contribution in [3.63, 3.8) is 0 Å². The van der Waals surface area contributed by atoms with E-state index in [2.05, 4.69) is 5.10 Å². The van der Waals surface area contributed by atoms with E-state index in [1.54, 1.807) is 39.3 Å². The molecule has 2 aromatic heterocycles. The Morgan fingerprint density at radius 3 is 2.53 bits per heavy atom. The molecule has 0 radical (unpaired) electrons. The van der Waals surface area contributed by atoms with Crippen molar-refractivity contribution in [2.75, 3.05) is 44.5 Å². The number of hydrogen-bond acceptors (Lipinski definition) is 9. The van der Waals surface area contributed by atoms with Gasteiger partial charge in [0, 0.05) is 18.7 Å². The number of carbonyl (C=O) groups excluding carboxylic acids is 1. The zero-order valence-electron chi connectivity index (χ0n) is 21.5.